The van der Waals surface area contributed by atoms with Gasteiger partial charge in [0, 0.05) is 40.8 Å². The number of fused-ring (bicyclic) bond motifs is 1. The second-order valence-electron chi connectivity index (χ2n) is 5.56. The van der Waals surface area contributed by atoms with E-state index in [4.69, 9.17) is 9.97 Å². The Morgan fingerprint density at radius 3 is 2.90 bits per heavy atom. The highest BCUT2D eigenvalue weighted by Gasteiger charge is 2.17. The van der Waals surface area contributed by atoms with Gasteiger partial charge in [-0.25, -0.2) is 9.97 Å². The Kier molecular flexibility index (Phi) is 4.36. The molecule has 0 fully saturated rings. The molecule has 0 atom stereocenters. The van der Waals surface area contributed by atoms with Crippen LogP contribution in [0.5, 0.6) is 0 Å². The molecule has 0 saturated carbocycles. The molecule has 1 aromatic carbocycles. The first-order valence-electron chi connectivity index (χ1n) is 7.55. The van der Waals surface area contributed by atoms with E-state index >= 15 is 0 Å². The number of rotatable bonds is 3. The van der Waals surface area contributed by atoms with E-state index in [1.165, 1.54) is 22.5 Å². The Hall–Kier alpha value is -1.26. The highest BCUT2D eigenvalue weighted by Crippen LogP contribution is 2.26. The summed E-state index contributed by atoms with van der Waals surface area (Å²) in [7, 11) is 0. The predicted molar refractivity (Wildman–Crippen MR) is 89.3 cm³/mol. The van der Waals surface area contributed by atoms with Crippen LogP contribution in [0, 0.1) is 6.92 Å². The van der Waals surface area contributed by atoms with E-state index in [2.05, 4.69) is 53.3 Å². The second kappa shape index (κ2) is 6.24. The fourth-order valence-electron chi connectivity index (χ4n) is 2.72. The van der Waals surface area contributed by atoms with Crippen LogP contribution in [0.2, 0.25) is 0 Å². The third-order valence-electron chi connectivity index (χ3n) is 3.94. The molecule has 1 aromatic heterocycles. The smallest absolute Gasteiger partial charge is 0.159 e. The molecular weight excluding hydrogens is 326 g/mol. The van der Waals surface area contributed by atoms with Crippen LogP contribution in [0.4, 0.5) is 0 Å². The Bertz CT molecular complexity index is 667. The van der Waals surface area contributed by atoms with Gasteiger partial charge in [0.05, 0.1) is 5.69 Å². The zero-order valence-electron chi connectivity index (χ0n) is 12.5. The highest BCUT2D eigenvalue weighted by molar-refractivity contribution is 9.10. The summed E-state index contributed by atoms with van der Waals surface area (Å²) in [5, 5.41) is 3.43. The summed E-state index contributed by atoms with van der Waals surface area (Å²) in [5.74, 6) is 0.861. The SMILES string of the molecule is CCCc1nc(-c2ccc(C)c(Br)c2)nc2c1CNCC2. The highest BCUT2D eigenvalue weighted by atomic mass is 79.9. The molecule has 0 amide bonds. The zero-order chi connectivity index (χ0) is 14.8. The van der Waals surface area contributed by atoms with Crippen molar-refractivity contribution in [2.75, 3.05) is 6.54 Å². The van der Waals surface area contributed by atoms with E-state index in [0.29, 0.717) is 0 Å². The molecule has 3 nitrogen and oxygen atoms in total. The normalized spacial score (nSPS) is 14.0. The van der Waals surface area contributed by atoms with Crippen molar-refractivity contribution in [3.63, 3.8) is 0 Å². The molecule has 0 saturated heterocycles. The van der Waals surface area contributed by atoms with Gasteiger partial charge in [-0.2, -0.15) is 0 Å². The first-order chi connectivity index (χ1) is 10.2. The predicted octanol–water partition coefficient (Wildman–Crippen LogP) is 3.81. The molecule has 0 spiro atoms. The van der Waals surface area contributed by atoms with E-state index in [9.17, 15) is 0 Å². The van der Waals surface area contributed by atoms with Crippen LogP contribution in [0.3, 0.4) is 0 Å². The lowest BCUT2D eigenvalue weighted by Gasteiger charge is -2.20. The van der Waals surface area contributed by atoms with Gasteiger partial charge in [-0.3, -0.25) is 0 Å². The third kappa shape index (κ3) is 3.01. The molecule has 1 aliphatic heterocycles. The summed E-state index contributed by atoms with van der Waals surface area (Å²) in [4.78, 5) is 9.67. The Morgan fingerprint density at radius 1 is 1.29 bits per heavy atom. The van der Waals surface area contributed by atoms with Crippen molar-refractivity contribution in [3.8, 4) is 11.4 Å². The molecular formula is C17H20BrN3. The van der Waals surface area contributed by atoms with Crippen molar-refractivity contribution in [1.82, 2.24) is 15.3 Å². The first-order valence-corrected chi connectivity index (χ1v) is 8.34. The number of hydrogen-bond acceptors (Lipinski definition) is 3. The zero-order valence-corrected chi connectivity index (χ0v) is 14.1. The number of halogens is 1. The molecule has 1 aliphatic rings. The number of nitrogens with one attached hydrogen (secondary N) is 1. The summed E-state index contributed by atoms with van der Waals surface area (Å²) >= 11 is 3.60. The van der Waals surface area contributed by atoms with E-state index in [0.717, 1.165) is 48.2 Å². The Balaban J connectivity index is 2.09. The minimum absolute atomic E-state index is 0.861. The minimum atomic E-state index is 0.861. The van der Waals surface area contributed by atoms with E-state index in [-0.39, 0.29) is 0 Å². The molecule has 0 radical (unpaired) electrons. The van der Waals surface area contributed by atoms with Crippen LogP contribution in [-0.4, -0.2) is 16.5 Å². The largest absolute Gasteiger partial charge is 0.312 e. The minimum Gasteiger partial charge on any atom is -0.312 e. The van der Waals surface area contributed by atoms with Gasteiger partial charge in [0.2, 0.25) is 0 Å². The molecule has 2 aromatic rings. The molecule has 4 heteroatoms. The van der Waals surface area contributed by atoms with E-state index in [1.807, 2.05) is 0 Å². The molecule has 110 valence electrons. The van der Waals surface area contributed by atoms with Crippen LogP contribution in [0.25, 0.3) is 11.4 Å². The number of aryl methyl sites for hydroxylation is 2. The number of hydrogen-bond donors (Lipinski definition) is 1. The van der Waals surface area contributed by atoms with Gasteiger partial charge in [-0.15, -0.1) is 0 Å². The van der Waals surface area contributed by atoms with Crippen molar-refractivity contribution in [3.05, 3.63) is 45.2 Å². The van der Waals surface area contributed by atoms with Crippen molar-refractivity contribution in [2.45, 2.75) is 39.7 Å². The average molecular weight is 346 g/mol. The van der Waals surface area contributed by atoms with Gasteiger partial charge in [0.25, 0.3) is 0 Å². The number of nitrogens with zero attached hydrogens (tertiary/aromatic N) is 2. The summed E-state index contributed by atoms with van der Waals surface area (Å²) in [6, 6.07) is 6.34. The monoisotopic (exact) mass is 345 g/mol. The molecule has 21 heavy (non-hydrogen) atoms. The van der Waals surface area contributed by atoms with Gasteiger partial charge in [-0.1, -0.05) is 41.4 Å². The lowest BCUT2D eigenvalue weighted by atomic mass is 10.0. The van der Waals surface area contributed by atoms with Gasteiger partial charge < -0.3 is 5.32 Å². The van der Waals surface area contributed by atoms with Gasteiger partial charge in [-0.05, 0) is 25.0 Å². The standard InChI is InChI=1S/C17H20BrN3/c1-3-4-15-13-10-19-8-7-16(13)21-17(20-15)12-6-5-11(2)14(18)9-12/h5-6,9,19H,3-4,7-8,10H2,1-2H3. The van der Waals surface area contributed by atoms with Crippen LogP contribution >= 0.6 is 15.9 Å². The van der Waals surface area contributed by atoms with Crippen LogP contribution in [0.15, 0.2) is 22.7 Å². The maximum absolute atomic E-state index is 4.84. The lowest BCUT2D eigenvalue weighted by Crippen LogP contribution is -2.26. The molecule has 0 unspecified atom stereocenters. The van der Waals surface area contributed by atoms with Crippen LogP contribution < -0.4 is 5.32 Å². The average Bonchev–Trinajstić information content (AvgIpc) is 2.50. The number of benzene rings is 1. The van der Waals surface area contributed by atoms with Gasteiger partial charge in [0.1, 0.15) is 0 Å². The molecule has 0 aliphatic carbocycles. The lowest BCUT2D eigenvalue weighted by molar-refractivity contribution is 0.615. The van der Waals surface area contributed by atoms with E-state index < -0.39 is 0 Å². The van der Waals surface area contributed by atoms with Crippen molar-refractivity contribution in [1.29, 1.82) is 0 Å². The maximum atomic E-state index is 4.84. The Morgan fingerprint density at radius 2 is 2.14 bits per heavy atom. The fourth-order valence-corrected chi connectivity index (χ4v) is 3.10. The quantitative estimate of drug-likeness (QED) is 0.918. The van der Waals surface area contributed by atoms with Crippen molar-refractivity contribution in [2.24, 2.45) is 0 Å². The maximum Gasteiger partial charge on any atom is 0.159 e. The summed E-state index contributed by atoms with van der Waals surface area (Å²) < 4.78 is 1.11. The summed E-state index contributed by atoms with van der Waals surface area (Å²) in [6.45, 7) is 6.21. The Labute approximate surface area is 134 Å². The van der Waals surface area contributed by atoms with Gasteiger partial charge >= 0.3 is 0 Å². The topological polar surface area (TPSA) is 37.8 Å². The molecule has 1 N–H and O–H groups in total. The second-order valence-corrected chi connectivity index (χ2v) is 6.41. The van der Waals surface area contributed by atoms with E-state index in [1.54, 1.807) is 0 Å². The third-order valence-corrected chi connectivity index (χ3v) is 4.79. The van der Waals surface area contributed by atoms with Crippen LogP contribution in [0.1, 0.15) is 35.9 Å². The van der Waals surface area contributed by atoms with Gasteiger partial charge in [0.15, 0.2) is 5.82 Å². The van der Waals surface area contributed by atoms with Crippen LogP contribution in [-0.2, 0) is 19.4 Å². The molecule has 0 bridgehead atoms. The summed E-state index contributed by atoms with van der Waals surface area (Å²) in [6.07, 6.45) is 3.13. The molecule has 2 heterocycles. The summed E-state index contributed by atoms with van der Waals surface area (Å²) in [5.41, 5.74) is 6.07. The van der Waals surface area contributed by atoms with Crippen molar-refractivity contribution < 1.29 is 0 Å². The number of aromatic nitrogens is 2. The first kappa shape index (κ1) is 14.7. The van der Waals surface area contributed by atoms with Crippen molar-refractivity contribution >= 4 is 15.9 Å². The molecule has 3 rings (SSSR count). The fraction of sp³-hybridized carbons (Fsp3) is 0.412.